The van der Waals surface area contributed by atoms with E-state index in [0.29, 0.717) is 0 Å². The molecule has 12 heavy (non-hydrogen) atoms. The van der Waals surface area contributed by atoms with E-state index in [4.69, 9.17) is 4.42 Å². The molecular formula is C10H11BO. The summed E-state index contributed by atoms with van der Waals surface area (Å²) in [5.74, 6) is 0. The zero-order valence-corrected chi connectivity index (χ0v) is 7.21. The van der Waals surface area contributed by atoms with Crippen molar-refractivity contribution in [2.75, 3.05) is 0 Å². The highest BCUT2D eigenvalue weighted by Crippen LogP contribution is 2.17. The summed E-state index contributed by atoms with van der Waals surface area (Å²) >= 11 is 0. The van der Waals surface area contributed by atoms with E-state index in [1.54, 1.807) is 6.26 Å². The van der Waals surface area contributed by atoms with Crippen LogP contribution in [0, 0.1) is 0 Å². The third kappa shape index (κ3) is 1.25. The van der Waals surface area contributed by atoms with Crippen LogP contribution in [-0.2, 0) is 6.42 Å². The van der Waals surface area contributed by atoms with Gasteiger partial charge in [-0.1, -0.05) is 12.4 Å². The van der Waals surface area contributed by atoms with Crippen LogP contribution in [0.4, 0.5) is 0 Å². The van der Waals surface area contributed by atoms with Gasteiger partial charge in [0.25, 0.3) is 0 Å². The van der Waals surface area contributed by atoms with E-state index in [9.17, 15) is 0 Å². The monoisotopic (exact) mass is 158 g/mol. The zero-order valence-electron chi connectivity index (χ0n) is 7.21. The van der Waals surface area contributed by atoms with Crippen LogP contribution in [0.15, 0.2) is 34.9 Å². The molecule has 0 aliphatic heterocycles. The Labute approximate surface area is 72.8 Å². The van der Waals surface area contributed by atoms with Gasteiger partial charge in [-0.25, -0.2) is 0 Å². The smallest absolute Gasteiger partial charge is 0.133 e. The molecule has 1 heterocycles. The van der Waals surface area contributed by atoms with E-state index in [1.807, 2.05) is 12.1 Å². The van der Waals surface area contributed by atoms with Crippen LogP contribution in [0.25, 0.3) is 11.0 Å². The summed E-state index contributed by atoms with van der Waals surface area (Å²) in [5.41, 5.74) is 2.38. The van der Waals surface area contributed by atoms with Gasteiger partial charge < -0.3 is 4.42 Å². The van der Waals surface area contributed by atoms with Crippen molar-refractivity contribution in [1.29, 1.82) is 0 Å². The molecule has 1 nitrogen and oxygen atoms in total. The van der Waals surface area contributed by atoms with Crippen molar-refractivity contribution in [2.24, 2.45) is 0 Å². The first-order valence-electron chi connectivity index (χ1n) is 4.36. The van der Waals surface area contributed by atoms with Crippen LogP contribution in [0.3, 0.4) is 0 Å². The number of hydrogen-bond donors (Lipinski definition) is 0. The number of benzene rings is 1. The third-order valence-electron chi connectivity index (χ3n) is 2.06. The fourth-order valence-electron chi connectivity index (χ4n) is 1.46. The quantitative estimate of drug-likeness (QED) is 0.609. The Hall–Kier alpha value is -1.18. The highest BCUT2D eigenvalue weighted by molar-refractivity contribution is 6.08. The number of rotatable bonds is 2. The second-order valence-corrected chi connectivity index (χ2v) is 3.04. The molecule has 2 rings (SSSR count). The molecule has 1 aromatic heterocycles. The Kier molecular flexibility index (Phi) is 1.90. The maximum absolute atomic E-state index is 5.25. The summed E-state index contributed by atoms with van der Waals surface area (Å²) in [5, 5.41) is 1.21. The van der Waals surface area contributed by atoms with Gasteiger partial charge >= 0.3 is 0 Å². The topological polar surface area (TPSA) is 13.1 Å². The van der Waals surface area contributed by atoms with Gasteiger partial charge in [-0.3, -0.25) is 0 Å². The van der Waals surface area contributed by atoms with Crippen molar-refractivity contribution >= 4 is 18.8 Å². The minimum absolute atomic E-state index is 0.981. The van der Waals surface area contributed by atoms with Crippen LogP contribution in [0.1, 0.15) is 5.56 Å². The molecule has 0 aliphatic rings. The van der Waals surface area contributed by atoms with E-state index < -0.39 is 0 Å². The highest BCUT2D eigenvalue weighted by atomic mass is 16.3. The molecule has 0 saturated heterocycles. The first-order chi connectivity index (χ1) is 5.90. The lowest BCUT2D eigenvalue weighted by Gasteiger charge is -1.96. The number of furan rings is 1. The first-order valence-corrected chi connectivity index (χ1v) is 4.36. The van der Waals surface area contributed by atoms with Crippen LogP contribution in [0.5, 0.6) is 0 Å². The molecule has 0 aliphatic carbocycles. The molecule has 0 saturated carbocycles. The highest BCUT2D eigenvalue weighted by Gasteiger charge is 1.96. The van der Waals surface area contributed by atoms with Gasteiger partial charge in [0.05, 0.1) is 6.26 Å². The first kappa shape index (κ1) is 7.47. The fraction of sp³-hybridized carbons (Fsp3) is 0.200. The Morgan fingerprint density at radius 1 is 1.25 bits per heavy atom. The average molecular weight is 158 g/mol. The van der Waals surface area contributed by atoms with Crippen LogP contribution >= 0.6 is 0 Å². The SMILES string of the molecule is BCCc1ccc2occc2c1. The molecule has 1 aromatic carbocycles. The van der Waals surface area contributed by atoms with E-state index in [1.165, 1.54) is 17.3 Å². The summed E-state index contributed by atoms with van der Waals surface area (Å²) in [7, 11) is 2.19. The van der Waals surface area contributed by atoms with Crippen molar-refractivity contribution in [2.45, 2.75) is 12.7 Å². The Morgan fingerprint density at radius 2 is 2.17 bits per heavy atom. The maximum atomic E-state index is 5.25. The van der Waals surface area contributed by atoms with Crippen molar-refractivity contribution in [3.8, 4) is 0 Å². The minimum atomic E-state index is 0.981. The number of fused-ring (bicyclic) bond motifs is 1. The second-order valence-electron chi connectivity index (χ2n) is 3.04. The van der Waals surface area contributed by atoms with Crippen molar-refractivity contribution in [3.63, 3.8) is 0 Å². The normalized spacial score (nSPS) is 10.7. The molecule has 2 heteroatoms. The lowest BCUT2D eigenvalue weighted by Crippen LogP contribution is -1.82. The number of hydrogen-bond acceptors (Lipinski definition) is 1. The Balaban J connectivity index is 2.46. The molecule has 0 fully saturated rings. The van der Waals surface area contributed by atoms with Gasteiger partial charge in [0.1, 0.15) is 13.4 Å². The van der Waals surface area contributed by atoms with E-state index in [2.05, 4.69) is 20.0 Å². The molecule has 2 aromatic rings. The van der Waals surface area contributed by atoms with Crippen molar-refractivity contribution in [1.82, 2.24) is 0 Å². The summed E-state index contributed by atoms with van der Waals surface area (Å²) < 4.78 is 5.25. The van der Waals surface area contributed by atoms with Gasteiger partial charge in [0.2, 0.25) is 0 Å². The molecule has 60 valence electrons. The van der Waals surface area contributed by atoms with E-state index in [0.717, 1.165) is 12.0 Å². The van der Waals surface area contributed by atoms with Gasteiger partial charge in [0, 0.05) is 5.39 Å². The van der Waals surface area contributed by atoms with Gasteiger partial charge in [0.15, 0.2) is 0 Å². The maximum Gasteiger partial charge on any atom is 0.133 e. The fourth-order valence-corrected chi connectivity index (χ4v) is 1.46. The lowest BCUT2D eigenvalue weighted by molar-refractivity contribution is 0.616. The molecule has 0 amide bonds. The molecule has 0 bridgehead atoms. The van der Waals surface area contributed by atoms with Gasteiger partial charge in [-0.05, 0) is 30.2 Å². The standard InChI is InChI=1S/C10H11BO/c11-5-3-8-1-2-10-9(7-8)4-6-12-10/h1-2,4,6-7H,3,5,11H2. The third-order valence-corrected chi connectivity index (χ3v) is 2.06. The molecule has 0 unspecified atom stereocenters. The molecule has 0 radical (unpaired) electrons. The van der Waals surface area contributed by atoms with Crippen molar-refractivity contribution in [3.05, 3.63) is 36.1 Å². The second kappa shape index (κ2) is 3.06. The van der Waals surface area contributed by atoms with Gasteiger partial charge in [-0.15, -0.1) is 0 Å². The largest absolute Gasteiger partial charge is 0.464 e. The summed E-state index contributed by atoms with van der Waals surface area (Å²) in [6.45, 7) is 0. The summed E-state index contributed by atoms with van der Waals surface area (Å²) in [6, 6.07) is 8.38. The molecule has 0 N–H and O–H groups in total. The van der Waals surface area contributed by atoms with E-state index >= 15 is 0 Å². The van der Waals surface area contributed by atoms with Crippen LogP contribution in [-0.4, -0.2) is 7.85 Å². The molecule has 0 spiro atoms. The zero-order chi connectivity index (χ0) is 8.39. The van der Waals surface area contributed by atoms with E-state index in [-0.39, 0.29) is 0 Å². The average Bonchev–Trinajstić information content (AvgIpc) is 2.51. The minimum Gasteiger partial charge on any atom is -0.464 e. The molecular weight excluding hydrogens is 147 g/mol. The van der Waals surface area contributed by atoms with Gasteiger partial charge in [-0.2, -0.15) is 0 Å². The summed E-state index contributed by atoms with van der Waals surface area (Å²) in [6.07, 6.45) is 4.09. The Bertz CT molecular complexity index is 378. The molecule has 0 atom stereocenters. The summed E-state index contributed by atoms with van der Waals surface area (Å²) in [4.78, 5) is 0. The van der Waals surface area contributed by atoms with Crippen LogP contribution < -0.4 is 0 Å². The van der Waals surface area contributed by atoms with Crippen molar-refractivity contribution < 1.29 is 4.42 Å². The predicted molar refractivity (Wildman–Crippen MR) is 53.3 cm³/mol. The van der Waals surface area contributed by atoms with Crippen LogP contribution in [0.2, 0.25) is 6.32 Å². The Morgan fingerprint density at radius 3 is 3.00 bits per heavy atom. The number of aryl methyl sites for hydroxylation is 1. The predicted octanol–water partition coefficient (Wildman–Crippen LogP) is 2.03. The lowest BCUT2D eigenvalue weighted by atomic mass is 9.97.